The van der Waals surface area contributed by atoms with Gasteiger partial charge in [-0.1, -0.05) is 6.07 Å². The van der Waals surface area contributed by atoms with Crippen molar-refractivity contribution in [3.8, 4) is 0 Å². The van der Waals surface area contributed by atoms with Crippen molar-refractivity contribution in [1.82, 2.24) is 4.98 Å². The van der Waals surface area contributed by atoms with Crippen molar-refractivity contribution >= 4 is 28.5 Å². The van der Waals surface area contributed by atoms with Crippen LogP contribution >= 0.6 is 0 Å². The second-order valence-corrected chi connectivity index (χ2v) is 4.24. The highest BCUT2D eigenvalue weighted by Crippen LogP contribution is 2.23. The van der Waals surface area contributed by atoms with Gasteiger partial charge in [-0.3, -0.25) is 0 Å². The summed E-state index contributed by atoms with van der Waals surface area (Å²) in [5.74, 6) is 0. The lowest BCUT2D eigenvalue weighted by Gasteiger charge is -2.00. The molecule has 0 atom stereocenters. The second-order valence-electron chi connectivity index (χ2n) is 4.24. The number of nitrogens with two attached hydrogens (primary N) is 1. The molecule has 0 saturated heterocycles. The molecule has 0 amide bonds. The summed E-state index contributed by atoms with van der Waals surface area (Å²) < 4.78 is 5.60. The molecule has 0 aliphatic rings. The number of hydrogen-bond acceptors (Lipinski definition) is 4. The first-order valence-corrected chi connectivity index (χ1v) is 5.70. The van der Waals surface area contributed by atoms with Crippen molar-refractivity contribution in [2.24, 2.45) is 0 Å². The standard InChI is InChI=1S/C14H13N3O/c1-9-2-7-13-12(8-9)17-14(18-13)16-11-5-3-10(15)4-6-11/h2-8H,15H2,1H3,(H,16,17). The first-order valence-electron chi connectivity index (χ1n) is 5.70. The largest absolute Gasteiger partial charge is 0.423 e. The average molecular weight is 239 g/mol. The van der Waals surface area contributed by atoms with Crippen molar-refractivity contribution in [2.75, 3.05) is 11.1 Å². The lowest BCUT2D eigenvalue weighted by molar-refractivity contribution is 0.623. The monoisotopic (exact) mass is 239 g/mol. The summed E-state index contributed by atoms with van der Waals surface area (Å²) in [4.78, 5) is 4.38. The van der Waals surface area contributed by atoms with Gasteiger partial charge in [0.15, 0.2) is 5.58 Å². The number of benzene rings is 2. The molecule has 4 heteroatoms. The van der Waals surface area contributed by atoms with Gasteiger partial charge >= 0.3 is 0 Å². The predicted molar refractivity (Wildman–Crippen MR) is 72.9 cm³/mol. The van der Waals surface area contributed by atoms with Crippen LogP contribution in [0.5, 0.6) is 0 Å². The van der Waals surface area contributed by atoms with E-state index in [1.54, 1.807) is 0 Å². The van der Waals surface area contributed by atoms with Gasteiger partial charge in [-0.2, -0.15) is 4.98 Å². The molecule has 0 unspecified atom stereocenters. The van der Waals surface area contributed by atoms with Gasteiger partial charge in [0.05, 0.1) is 0 Å². The lowest BCUT2D eigenvalue weighted by Crippen LogP contribution is -1.90. The average Bonchev–Trinajstić information content (AvgIpc) is 2.73. The number of aromatic nitrogens is 1. The SMILES string of the molecule is Cc1ccc2oc(Nc3ccc(N)cc3)nc2c1. The molecule has 2 aromatic carbocycles. The molecule has 0 spiro atoms. The van der Waals surface area contributed by atoms with Crippen LogP contribution < -0.4 is 11.1 Å². The molecule has 90 valence electrons. The molecular formula is C14H13N3O. The van der Waals surface area contributed by atoms with Gasteiger partial charge < -0.3 is 15.5 Å². The molecule has 0 aliphatic carbocycles. The Labute approximate surface area is 104 Å². The van der Waals surface area contributed by atoms with Crippen LogP contribution in [0.4, 0.5) is 17.4 Å². The van der Waals surface area contributed by atoms with Gasteiger partial charge in [-0.25, -0.2) is 0 Å². The van der Waals surface area contributed by atoms with Gasteiger partial charge in [0.2, 0.25) is 0 Å². The Morgan fingerprint density at radius 3 is 2.67 bits per heavy atom. The molecular weight excluding hydrogens is 226 g/mol. The molecule has 3 rings (SSSR count). The van der Waals surface area contributed by atoms with Crippen LogP contribution in [0.15, 0.2) is 46.9 Å². The quantitative estimate of drug-likeness (QED) is 0.672. The van der Waals surface area contributed by atoms with E-state index in [0.29, 0.717) is 6.01 Å². The second kappa shape index (κ2) is 4.07. The van der Waals surface area contributed by atoms with Crippen LogP contribution in [0, 0.1) is 6.92 Å². The number of nitrogen functional groups attached to an aromatic ring is 1. The number of hydrogen-bond donors (Lipinski definition) is 2. The zero-order valence-corrected chi connectivity index (χ0v) is 9.97. The first kappa shape index (κ1) is 10.7. The zero-order valence-electron chi connectivity index (χ0n) is 9.97. The van der Waals surface area contributed by atoms with Gasteiger partial charge in [-0.05, 0) is 48.9 Å². The number of nitrogens with one attached hydrogen (secondary N) is 1. The van der Waals surface area contributed by atoms with E-state index in [-0.39, 0.29) is 0 Å². The Bertz CT molecular complexity index is 686. The summed E-state index contributed by atoms with van der Waals surface area (Å²) in [6, 6.07) is 13.8. The summed E-state index contributed by atoms with van der Waals surface area (Å²) in [5.41, 5.74) is 10.1. The number of rotatable bonds is 2. The molecule has 0 saturated carbocycles. The summed E-state index contributed by atoms with van der Waals surface area (Å²) in [7, 11) is 0. The van der Waals surface area contributed by atoms with Crippen LogP contribution in [-0.4, -0.2) is 4.98 Å². The highest BCUT2D eigenvalue weighted by molar-refractivity contribution is 5.76. The highest BCUT2D eigenvalue weighted by atomic mass is 16.4. The third kappa shape index (κ3) is 2.00. The van der Waals surface area contributed by atoms with Crippen molar-refractivity contribution < 1.29 is 4.42 Å². The lowest BCUT2D eigenvalue weighted by atomic mass is 10.2. The van der Waals surface area contributed by atoms with Gasteiger partial charge in [0.1, 0.15) is 5.52 Å². The molecule has 4 nitrogen and oxygen atoms in total. The Hall–Kier alpha value is -2.49. The van der Waals surface area contributed by atoms with Crippen molar-refractivity contribution in [1.29, 1.82) is 0 Å². The Balaban J connectivity index is 1.92. The van der Waals surface area contributed by atoms with E-state index in [1.807, 2.05) is 49.4 Å². The molecule has 1 aromatic heterocycles. The number of oxazole rings is 1. The molecule has 0 fully saturated rings. The van der Waals surface area contributed by atoms with E-state index in [2.05, 4.69) is 10.3 Å². The Morgan fingerprint density at radius 1 is 1.11 bits per heavy atom. The first-order chi connectivity index (χ1) is 8.70. The number of aryl methyl sites for hydroxylation is 1. The van der Waals surface area contributed by atoms with Crippen LogP contribution in [-0.2, 0) is 0 Å². The maximum absolute atomic E-state index is 5.63. The number of fused-ring (bicyclic) bond motifs is 1. The van der Waals surface area contributed by atoms with Gasteiger partial charge in [0.25, 0.3) is 6.01 Å². The predicted octanol–water partition coefficient (Wildman–Crippen LogP) is 3.46. The summed E-state index contributed by atoms with van der Waals surface area (Å²) in [5, 5.41) is 3.11. The molecule has 1 heterocycles. The van der Waals surface area contributed by atoms with Crippen LogP contribution in [0.3, 0.4) is 0 Å². The molecule has 18 heavy (non-hydrogen) atoms. The molecule has 0 bridgehead atoms. The van der Waals surface area contributed by atoms with E-state index in [4.69, 9.17) is 10.2 Å². The van der Waals surface area contributed by atoms with E-state index in [0.717, 1.165) is 28.0 Å². The Kier molecular flexibility index (Phi) is 2.41. The van der Waals surface area contributed by atoms with E-state index in [9.17, 15) is 0 Å². The summed E-state index contributed by atoms with van der Waals surface area (Å²) in [6.07, 6.45) is 0. The van der Waals surface area contributed by atoms with E-state index < -0.39 is 0 Å². The van der Waals surface area contributed by atoms with Crippen LogP contribution in [0.25, 0.3) is 11.1 Å². The smallest absolute Gasteiger partial charge is 0.300 e. The van der Waals surface area contributed by atoms with Crippen molar-refractivity contribution in [3.05, 3.63) is 48.0 Å². The number of nitrogens with zero attached hydrogens (tertiary/aromatic N) is 1. The fraction of sp³-hybridized carbons (Fsp3) is 0.0714. The molecule has 3 N–H and O–H groups in total. The van der Waals surface area contributed by atoms with Crippen molar-refractivity contribution in [3.63, 3.8) is 0 Å². The van der Waals surface area contributed by atoms with Crippen molar-refractivity contribution in [2.45, 2.75) is 6.92 Å². The van der Waals surface area contributed by atoms with E-state index in [1.165, 1.54) is 0 Å². The maximum atomic E-state index is 5.63. The summed E-state index contributed by atoms with van der Waals surface area (Å²) in [6.45, 7) is 2.03. The minimum Gasteiger partial charge on any atom is -0.423 e. The normalized spacial score (nSPS) is 10.7. The van der Waals surface area contributed by atoms with Gasteiger partial charge in [0, 0.05) is 11.4 Å². The third-order valence-corrected chi connectivity index (χ3v) is 2.71. The Morgan fingerprint density at radius 2 is 1.89 bits per heavy atom. The van der Waals surface area contributed by atoms with Crippen LogP contribution in [0.1, 0.15) is 5.56 Å². The molecule has 3 aromatic rings. The number of anilines is 3. The highest BCUT2D eigenvalue weighted by Gasteiger charge is 2.05. The maximum Gasteiger partial charge on any atom is 0.300 e. The minimum atomic E-state index is 0.486. The minimum absolute atomic E-state index is 0.486. The fourth-order valence-electron chi connectivity index (χ4n) is 1.78. The van der Waals surface area contributed by atoms with Crippen LogP contribution in [0.2, 0.25) is 0 Å². The zero-order chi connectivity index (χ0) is 12.5. The van der Waals surface area contributed by atoms with Gasteiger partial charge in [-0.15, -0.1) is 0 Å². The summed E-state index contributed by atoms with van der Waals surface area (Å²) >= 11 is 0. The fourth-order valence-corrected chi connectivity index (χ4v) is 1.78. The molecule has 0 radical (unpaired) electrons. The molecule has 0 aliphatic heterocycles. The van der Waals surface area contributed by atoms with E-state index >= 15 is 0 Å². The topological polar surface area (TPSA) is 64.1 Å². The third-order valence-electron chi connectivity index (χ3n) is 2.71.